The Balaban J connectivity index is 1.86. The van der Waals surface area contributed by atoms with Crippen LogP contribution in [0.4, 0.5) is 13.2 Å². The molecule has 0 heterocycles. The molecular weight excluding hydrogens is 337 g/mol. The maximum Gasteiger partial charge on any atom is 0.165 e. The fraction of sp³-hybridized carbons (Fsp3) is 0.0476. The van der Waals surface area contributed by atoms with Gasteiger partial charge in [0.25, 0.3) is 0 Å². The zero-order chi connectivity index (χ0) is 18.4. The molecule has 0 saturated heterocycles. The number of hydrogen-bond donors (Lipinski definition) is 0. The number of nitrogens with zero attached hydrogens (tertiary/aromatic N) is 2. The largest absolute Gasteiger partial charge is 0.261 e. The van der Waals surface area contributed by atoms with E-state index in [-0.39, 0.29) is 17.5 Å². The molecule has 0 fully saturated rings. The number of aliphatic imine (C=N–C) groups is 2. The molecule has 0 aliphatic rings. The van der Waals surface area contributed by atoms with Gasteiger partial charge >= 0.3 is 0 Å². The van der Waals surface area contributed by atoms with Crippen LogP contribution in [0.25, 0.3) is 0 Å². The van der Waals surface area contributed by atoms with Gasteiger partial charge < -0.3 is 0 Å². The van der Waals surface area contributed by atoms with Gasteiger partial charge in [-0.15, -0.1) is 0 Å². The predicted molar refractivity (Wildman–Crippen MR) is 97.1 cm³/mol. The van der Waals surface area contributed by atoms with Crippen LogP contribution in [0.1, 0.15) is 22.9 Å². The van der Waals surface area contributed by atoms with Crippen molar-refractivity contribution < 1.29 is 13.2 Å². The molecule has 0 unspecified atom stereocenters. The minimum atomic E-state index is -0.606. The van der Waals surface area contributed by atoms with Crippen LogP contribution in [0.15, 0.2) is 82.8 Å². The highest BCUT2D eigenvalue weighted by Gasteiger charge is 2.07. The molecule has 0 radical (unpaired) electrons. The van der Waals surface area contributed by atoms with Gasteiger partial charge in [0.15, 0.2) is 6.17 Å². The summed E-state index contributed by atoms with van der Waals surface area (Å²) in [6, 6.07) is 17.7. The first-order valence-electron chi connectivity index (χ1n) is 7.93. The Labute approximate surface area is 149 Å². The van der Waals surface area contributed by atoms with Gasteiger partial charge in [-0.3, -0.25) is 9.98 Å². The van der Waals surface area contributed by atoms with Crippen molar-refractivity contribution in [2.75, 3.05) is 0 Å². The molecule has 26 heavy (non-hydrogen) atoms. The first kappa shape index (κ1) is 17.6. The lowest BCUT2D eigenvalue weighted by atomic mass is 10.1. The average molecular weight is 352 g/mol. The summed E-state index contributed by atoms with van der Waals surface area (Å²) in [5.41, 5.74) is 2.13. The first-order chi connectivity index (χ1) is 12.6. The van der Waals surface area contributed by atoms with Crippen molar-refractivity contribution in [1.82, 2.24) is 0 Å². The second kappa shape index (κ2) is 8.25. The Morgan fingerprint density at radius 3 is 1.27 bits per heavy atom. The van der Waals surface area contributed by atoms with Crippen LogP contribution >= 0.6 is 0 Å². The second-order valence-electron chi connectivity index (χ2n) is 5.58. The summed E-state index contributed by atoms with van der Waals surface area (Å²) in [6.45, 7) is 0. The highest BCUT2D eigenvalue weighted by atomic mass is 19.1. The first-order valence-corrected chi connectivity index (χ1v) is 7.93. The molecule has 3 rings (SSSR count). The van der Waals surface area contributed by atoms with Gasteiger partial charge in [-0.25, -0.2) is 13.2 Å². The van der Waals surface area contributed by atoms with Gasteiger partial charge in [0.2, 0.25) is 0 Å². The third-order valence-electron chi connectivity index (χ3n) is 3.64. The van der Waals surface area contributed by atoms with Gasteiger partial charge in [0, 0.05) is 12.4 Å². The minimum absolute atomic E-state index is 0.327. The summed E-state index contributed by atoms with van der Waals surface area (Å²) in [6.07, 6.45) is 2.55. The second-order valence-corrected chi connectivity index (χ2v) is 5.58. The van der Waals surface area contributed by atoms with Crippen LogP contribution < -0.4 is 0 Å². The fourth-order valence-corrected chi connectivity index (χ4v) is 2.26. The minimum Gasteiger partial charge on any atom is -0.261 e. The molecule has 0 atom stereocenters. The molecule has 5 heteroatoms. The van der Waals surface area contributed by atoms with Crippen LogP contribution in [-0.2, 0) is 0 Å². The molecule has 0 aromatic heterocycles. The summed E-state index contributed by atoms with van der Waals surface area (Å²) in [5, 5.41) is 0. The van der Waals surface area contributed by atoms with Crippen molar-refractivity contribution in [2.24, 2.45) is 9.98 Å². The Morgan fingerprint density at radius 2 is 0.885 bits per heavy atom. The lowest BCUT2D eigenvalue weighted by Gasteiger charge is -2.08. The van der Waals surface area contributed by atoms with Gasteiger partial charge in [0.05, 0.1) is 0 Å². The Kier molecular flexibility index (Phi) is 5.59. The van der Waals surface area contributed by atoms with E-state index in [0.29, 0.717) is 5.56 Å². The smallest absolute Gasteiger partial charge is 0.165 e. The van der Waals surface area contributed by atoms with E-state index < -0.39 is 6.17 Å². The van der Waals surface area contributed by atoms with Crippen LogP contribution in [0.5, 0.6) is 0 Å². The maximum absolute atomic E-state index is 13.2. The molecule has 2 nitrogen and oxygen atoms in total. The molecule has 0 saturated carbocycles. The molecule has 3 aromatic rings. The van der Waals surface area contributed by atoms with E-state index in [2.05, 4.69) is 9.98 Å². The molecule has 130 valence electrons. The Bertz CT molecular complexity index is 844. The number of rotatable bonds is 5. The fourth-order valence-electron chi connectivity index (χ4n) is 2.26. The summed E-state index contributed by atoms with van der Waals surface area (Å²) in [7, 11) is 0. The van der Waals surface area contributed by atoms with Gasteiger partial charge in [-0.1, -0.05) is 36.4 Å². The molecular formula is C21H15F3N2. The van der Waals surface area contributed by atoms with Crippen molar-refractivity contribution in [3.05, 3.63) is 107 Å². The quantitative estimate of drug-likeness (QED) is 0.554. The lowest BCUT2D eigenvalue weighted by Crippen LogP contribution is -1.95. The highest BCUT2D eigenvalue weighted by molar-refractivity contribution is 5.81. The zero-order valence-electron chi connectivity index (χ0n) is 13.7. The van der Waals surface area contributed by atoms with E-state index in [1.807, 2.05) is 0 Å². The number of hydrogen-bond acceptors (Lipinski definition) is 2. The zero-order valence-corrected chi connectivity index (χ0v) is 13.7. The van der Waals surface area contributed by atoms with Crippen molar-refractivity contribution in [2.45, 2.75) is 6.17 Å². The van der Waals surface area contributed by atoms with Crippen molar-refractivity contribution in [3.63, 3.8) is 0 Å². The summed E-state index contributed by atoms with van der Waals surface area (Å²) in [5.74, 6) is -1.00. The topological polar surface area (TPSA) is 24.7 Å². The maximum atomic E-state index is 13.2. The van der Waals surface area contributed by atoms with Gasteiger partial charge in [-0.05, 0) is 53.1 Å². The summed E-state index contributed by atoms with van der Waals surface area (Å²) < 4.78 is 39.2. The normalized spacial score (nSPS) is 11.7. The molecule has 0 spiro atoms. The van der Waals surface area contributed by atoms with E-state index >= 15 is 0 Å². The molecule has 0 aliphatic heterocycles. The highest BCUT2D eigenvalue weighted by Crippen LogP contribution is 2.20. The third kappa shape index (κ3) is 4.89. The SMILES string of the molecule is Fc1ccc(/C=N/C(/N=C/c2ccc(F)cc2)c2ccc(F)cc2)cc1. The molecule has 3 aromatic carbocycles. The van der Waals surface area contributed by atoms with Crippen LogP contribution in [0.3, 0.4) is 0 Å². The Hall–Kier alpha value is -3.21. The van der Waals surface area contributed by atoms with E-state index in [1.165, 1.54) is 36.4 Å². The van der Waals surface area contributed by atoms with Crippen molar-refractivity contribution >= 4 is 12.4 Å². The average Bonchev–Trinajstić information content (AvgIpc) is 2.65. The summed E-state index contributed by atoms with van der Waals surface area (Å²) in [4.78, 5) is 8.83. The van der Waals surface area contributed by atoms with E-state index in [0.717, 1.165) is 11.1 Å². The van der Waals surface area contributed by atoms with Crippen LogP contribution in [0.2, 0.25) is 0 Å². The predicted octanol–water partition coefficient (Wildman–Crippen LogP) is 5.34. The molecule has 0 bridgehead atoms. The third-order valence-corrected chi connectivity index (χ3v) is 3.64. The number of halogens is 3. The monoisotopic (exact) mass is 352 g/mol. The van der Waals surface area contributed by atoms with E-state index in [1.54, 1.807) is 48.8 Å². The molecule has 0 amide bonds. The summed E-state index contributed by atoms with van der Waals surface area (Å²) >= 11 is 0. The standard InChI is InChI=1S/C21H15F3N2/c22-18-7-1-15(2-8-18)13-25-21(17-5-11-20(24)12-6-17)26-14-16-3-9-19(23)10-4-16/h1-14,21H/b25-13+,26-14+. The number of benzene rings is 3. The van der Waals surface area contributed by atoms with Crippen molar-refractivity contribution in [1.29, 1.82) is 0 Å². The van der Waals surface area contributed by atoms with E-state index in [4.69, 9.17) is 0 Å². The van der Waals surface area contributed by atoms with Crippen molar-refractivity contribution in [3.8, 4) is 0 Å². The van der Waals surface area contributed by atoms with Crippen LogP contribution in [0, 0.1) is 17.5 Å². The molecule has 0 N–H and O–H groups in total. The Morgan fingerprint density at radius 1 is 0.538 bits per heavy atom. The van der Waals surface area contributed by atoms with Crippen LogP contribution in [-0.4, -0.2) is 12.4 Å². The lowest BCUT2D eigenvalue weighted by molar-refractivity contribution is 0.625. The van der Waals surface area contributed by atoms with E-state index in [9.17, 15) is 13.2 Å². The van der Waals surface area contributed by atoms with Gasteiger partial charge in [-0.2, -0.15) is 0 Å². The van der Waals surface area contributed by atoms with Gasteiger partial charge in [0.1, 0.15) is 17.5 Å². The molecule has 0 aliphatic carbocycles.